The Kier molecular flexibility index (Phi) is 5.46. The van der Waals surface area contributed by atoms with Gasteiger partial charge in [0.1, 0.15) is 0 Å². The van der Waals surface area contributed by atoms with Crippen molar-refractivity contribution >= 4 is 17.0 Å². The maximum atomic E-state index is 12.9. The van der Waals surface area contributed by atoms with E-state index >= 15 is 0 Å². The molecule has 0 unspecified atom stereocenters. The van der Waals surface area contributed by atoms with E-state index in [1.165, 1.54) is 0 Å². The van der Waals surface area contributed by atoms with Crippen LogP contribution in [-0.2, 0) is 9.47 Å². The van der Waals surface area contributed by atoms with Crippen LogP contribution in [0.5, 0.6) is 0 Å². The Morgan fingerprint density at radius 1 is 1.23 bits per heavy atom. The molecule has 0 fully saturated rings. The van der Waals surface area contributed by atoms with Gasteiger partial charge in [-0.2, -0.15) is 0 Å². The van der Waals surface area contributed by atoms with Crippen molar-refractivity contribution in [3.8, 4) is 0 Å². The number of carbonyl (C=O) groups excluding carboxylic acids is 1. The summed E-state index contributed by atoms with van der Waals surface area (Å²) in [6, 6.07) is 1.77. The van der Waals surface area contributed by atoms with Crippen LogP contribution >= 0.6 is 0 Å². The van der Waals surface area contributed by atoms with Crippen LogP contribution in [0, 0.1) is 13.8 Å². The lowest BCUT2D eigenvalue weighted by Gasteiger charge is -2.22. The summed E-state index contributed by atoms with van der Waals surface area (Å²) in [7, 11) is 3.22. The Hall–Kier alpha value is -1.99. The van der Waals surface area contributed by atoms with Crippen molar-refractivity contribution in [3.05, 3.63) is 23.0 Å². The summed E-state index contributed by atoms with van der Waals surface area (Å²) in [5.74, 6) is -0.101. The average Bonchev–Trinajstić information content (AvgIpc) is 2.87. The second kappa shape index (κ2) is 7.33. The molecule has 0 bridgehead atoms. The van der Waals surface area contributed by atoms with Crippen LogP contribution in [0.25, 0.3) is 11.1 Å². The molecule has 2 aromatic rings. The second-order valence-electron chi connectivity index (χ2n) is 5.04. The molecule has 120 valence electrons. The van der Waals surface area contributed by atoms with Gasteiger partial charge >= 0.3 is 0 Å². The third-order valence-corrected chi connectivity index (χ3v) is 3.39. The maximum absolute atomic E-state index is 12.9. The zero-order valence-electron chi connectivity index (χ0n) is 13.4. The van der Waals surface area contributed by atoms with Crippen molar-refractivity contribution in [1.82, 2.24) is 15.0 Å². The summed E-state index contributed by atoms with van der Waals surface area (Å²) in [6.07, 6.45) is 0. The summed E-state index contributed by atoms with van der Waals surface area (Å²) >= 11 is 0. The summed E-state index contributed by atoms with van der Waals surface area (Å²) in [6.45, 7) is 5.53. The van der Waals surface area contributed by atoms with E-state index < -0.39 is 0 Å². The molecular formula is C15H21N3O4. The number of amides is 1. The molecule has 2 heterocycles. The minimum atomic E-state index is -0.101. The van der Waals surface area contributed by atoms with E-state index in [2.05, 4.69) is 10.1 Å². The molecule has 2 aromatic heterocycles. The lowest BCUT2D eigenvalue weighted by atomic mass is 10.1. The minimum absolute atomic E-state index is 0.101. The van der Waals surface area contributed by atoms with Gasteiger partial charge in [-0.15, -0.1) is 0 Å². The Labute approximate surface area is 129 Å². The number of fused-ring (bicyclic) bond motifs is 1. The predicted octanol–water partition coefficient (Wildman–Crippen LogP) is 1.57. The molecule has 0 aliphatic heterocycles. The highest BCUT2D eigenvalue weighted by molar-refractivity contribution is 6.06. The lowest BCUT2D eigenvalue weighted by Crippen LogP contribution is -2.36. The zero-order chi connectivity index (χ0) is 16.1. The van der Waals surface area contributed by atoms with Gasteiger partial charge in [-0.1, -0.05) is 5.16 Å². The molecule has 0 radical (unpaired) electrons. The van der Waals surface area contributed by atoms with Gasteiger partial charge in [0.05, 0.1) is 29.9 Å². The van der Waals surface area contributed by atoms with E-state index in [4.69, 9.17) is 14.0 Å². The number of aryl methyl sites for hydroxylation is 2. The highest BCUT2D eigenvalue weighted by atomic mass is 16.5. The molecule has 0 saturated heterocycles. The van der Waals surface area contributed by atoms with Crippen molar-refractivity contribution in [2.45, 2.75) is 13.8 Å². The van der Waals surface area contributed by atoms with Gasteiger partial charge < -0.3 is 18.9 Å². The topological polar surface area (TPSA) is 77.7 Å². The first-order valence-corrected chi connectivity index (χ1v) is 7.09. The van der Waals surface area contributed by atoms with Crippen molar-refractivity contribution in [2.24, 2.45) is 0 Å². The van der Waals surface area contributed by atoms with Crippen LogP contribution in [0.15, 0.2) is 10.6 Å². The number of aromatic nitrogens is 2. The van der Waals surface area contributed by atoms with Crippen LogP contribution in [0.1, 0.15) is 21.7 Å². The fraction of sp³-hybridized carbons (Fsp3) is 0.533. The molecule has 0 spiro atoms. The van der Waals surface area contributed by atoms with Gasteiger partial charge in [-0.25, -0.2) is 4.98 Å². The van der Waals surface area contributed by atoms with Crippen LogP contribution < -0.4 is 0 Å². The van der Waals surface area contributed by atoms with Crippen LogP contribution in [-0.4, -0.2) is 61.5 Å². The number of nitrogens with zero attached hydrogens (tertiary/aromatic N) is 3. The molecule has 0 N–H and O–H groups in total. The molecule has 0 saturated carbocycles. The fourth-order valence-electron chi connectivity index (χ4n) is 2.27. The first-order chi connectivity index (χ1) is 10.6. The highest BCUT2D eigenvalue weighted by Gasteiger charge is 2.22. The largest absolute Gasteiger partial charge is 0.383 e. The number of pyridine rings is 1. The zero-order valence-corrected chi connectivity index (χ0v) is 13.4. The lowest BCUT2D eigenvalue weighted by molar-refractivity contribution is 0.0629. The third kappa shape index (κ3) is 3.42. The number of hydrogen-bond donors (Lipinski definition) is 0. The number of rotatable bonds is 7. The molecule has 0 aromatic carbocycles. The molecule has 7 heteroatoms. The normalized spacial score (nSPS) is 11.1. The van der Waals surface area contributed by atoms with Crippen LogP contribution in [0.4, 0.5) is 0 Å². The number of carbonyl (C=O) groups is 1. The minimum Gasteiger partial charge on any atom is -0.383 e. The summed E-state index contributed by atoms with van der Waals surface area (Å²) in [4.78, 5) is 18.9. The SMILES string of the molecule is COCCN(CCOC)C(=O)c1cc(C)nc2onc(C)c12. The summed E-state index contributed by atoms with van der Waals surface area (Å²) < 4.78 is 15.3. The monoisotopic (exact) mass is 307 g/mol. The van der Waals surface area contributed by atoms with Crippen molar-refractivity contribution < 1.29 is 18.8 Å². The predicted molar refractivity (Wildman–Crippen MR) is 80.9 cm³/mol. The van der Waals surface area contributed by atoms with Gasteiger partial charge in [0.25, 0.3) is 11.6 Å². The number of methoxy groups -OCH3 is 2. The highest BCUT2D eigenvalue weighted by Crippen LogP contribution is 2.23. The van der Waals surface area contributed by atoms with E-state index in [-0.39, 0.29) is 5.91 Å². The maximum Gasteiger partial charge on any atom is 0.258 e. The van der Waals surface area contributed by atoms with Crippen molar-refractivity contribution in [3.63, 3.8) is 0 Å². The molecular weight excluding hydrogens is 286 g/mol. The van der Waals surface area contributed by atoms with E-state index in [0.29, 0.717) is 54.4 Å². The molecule has 1 amide bonds. The Morgan fingerprint density at radius 3 is 2.45 bits per heavy atom. The first-order valence-electron chi connectivity index (χ1n) is 7.09. The number of ether oxygens (including phenoxy) is 2. The Balaban J connectivity index is 2.38. The van der Waals surface area contributed by atoms with Crippen LogP contribution in [0.3, 0.4) is 0 Å². The van der Waals surface area contributed by atoms with E-state index in [1.807, 2.05) is 6.92 Å². The van der Waals surface area contributed by atoms with E-state index in [0.717, 1.165) is 0 Å². The van der Waals surface area contributed by atoms with Gasteiger partial charge in [0.2, 0.25) is 0 Å². The molecule has 22 heavy (non-hydrogen) atoms. The second-order valence-corrected chi connectivity index (χ2v) is 5.04. The molecule has 0 aliphatic carbocycles. The summed E-state index contributed by atoms with van der Waals surface area (Å²) in [5.41, 5.74) is 2.31. The third-order valence-electron chi connectivity index (χ3n) is 3.39. The molecule has 0 atom stereocenters. The van der Waals surface area contributed by atoms with E-state index in [1.54, 1.807) is 32.1 Å². The first kappa shape index (κ1) is 16.4. The quantitative estimate of drug-likeness (QED) is 0.773. The smallest absolute Gasteiger partial charge is 0.258 e. The van der Waals surface area contributed by atoms with Crippen LogP contribution in [0.2, 0.25) is 0 Å². The molecule has 2 rings (SSSR count). The fourth-order valence-corrected chi connectivity index (χ4v) is 2.27. The standard InChI is InChI=1S/C15H21N3O4/c1-10-9-12(13-11(2)17-22-14(13)16-10)15(19)18(5-7-20-3)6-8-21-4/h9H,5-8H2,1-4H3. The Bertz CT molecular complexity index is 646. The van der Waals surface area contributed by atoms with Crippen molar-refractivity contribution in [1.29, 1.82) is 0 Å². The Morgan fingerprint density at radius 2 is 1.86 bits per heavy atom. The van der Waals surface area contributed by atoms with Gasteiger partial charge in [-0.05, 0) is 19.9 Å². The van der Waals surface area contributed by atoms with E-state index in [9.17, 15) is 4.79 Å². The number of hydrogen-bond acceptors (Lipinski definition) is 6. The molecule has 7 nitrogen and oxygen atoms in total. The van der Waals surface area contributed by atoms with Crippen molar-refractivity contribution in [2.75, 3.05) is 40.5 Å². The summed E-state index contributed by atoms with van der Waals surface area (Å²) in [5, 5.41) is 4.57. The van der Waals surface area contributed by atoms with Gasteiger partial charge in [-0.3, -0.25) is 4.79 Å². The van der Waals surface area contributed by atoms with Gasteiger partial charge in [0.15, 0.2) is 0 Å². The molecule has 0 aliphatic rings. The average molecular weight is 307 g/mol. The van der Waals surface area contributed by atoms with Gasteiger partial charge in [0, 0.05) is 33.0 Å².